The molecule has 0 aliphatic carbocycles. The van der Waals surface area contributed by atoms with Gasteiger partial charge in [-0.25, -0.2) is 0 Å². The molecule has 17 heavy (non-hydrogen) atoms. The van der Waals surface area contributed by atoms with E-state index < -0.39 is 0 Å². The van der Waals surface area contributed by atoms with Crippen LogP contribution < -0.4 is 0 Å². The number of benzene rings is 1. The van der Waals surface area contributed by atoms with Crippen molar-refractivity contribution in [1.29, 1.82) is 0 Å². The van der Waals surface area contributed by atoms with E-state index >= 15 is 0 Å². The highest BCUT2D eigenvalue weighted by Crippen LogP contribution is 2.01. The summed E-state index contributed by atoms with van der Waals surface area (Å²) in [6, 6.07) is 11.1. The second kappa shape index (κ2) is 9.20. The van der Waals surface area contributed by atoms with Crippen molar-refractivity contribution >= 4 is 0 Å². The van der Waals surface area contributed by atoms with Crippen molar-refractivity contribution in [2.24, 2.45) is 5.92 Å². The van der Waals surface area contributed by atoms with Gasteiger partial charge in [0.2, 0.25) is 0 Å². The highest BCUT2D eigenvalue weighted by Gasteiger charge is 1.95. The van der Waals surface area contributed by atoms with Crippen molar-refractivity contribution in [2.75, 3.05) is 26.4 Å². The SMILES string of the molecule is CC(C)COCCOCCCc1cc[c]cc1. The topological polar surface area (TPSA) is 18.5 Å². The van der Waals surface area contributed by atoms with E-state index in [4.69, 9.17) is 9.47 Å². The van der Waals surface area contributed by atoms with Gasteiger partial charge in [-0.15, -0.1) is 0 Å². The Kier molecular flexibility index (Phi) is 7.69. The highest BCUT2D eigenvalue weighted by molar-refractivity contribution is 5.13. The first-order valence-electron chi connectivity index (χ1n) is 6.39. The predicted octanol–water partition coefficient (Wildman–Crippen LogP) is 3.11. The fraction of sp³-hybridized carbons (Fsp3) is 0.600. The van der Waals surface area contributed by atoms with Crippen molar-refractivity contribution in [3.8, 4) is 0 Å². The maximum absolute atomic E-state index is 5.50. The molecule has 0 aliphatic heterocycles. The molecule has 2 nitrogen and oxygen atoms in total. The van der Waals surface area contributed by atoms with Gasteiger partial charge in [-0.2, -0.15) is 0 Å². The van der Waals surface area contributed by atoms with Gasteiger partial charge in [0.05, 0.1) is 13.2 Å². The molecule has 0 atom stereocenters. The molecule has 95 valence electrons. The van der Waals surface area contributed by atoms with E-state index in [0.29, 0.717) is 19.1 Å². The fourth-order valence-electron chi connectivity index (χ4n) is 1.51. The van der Waals surface area contributed by atoms with Gasteiger partial charge in [0.15, 0.2) is 0 Å². The quantitative estimate of drug-likeness (QED) is 0.612. The van der Waals surface area contributed by atoms with E-state index in [-0.39, 0.29) is 0 Å². The van der Waals surface area contributed by atoms with E-state index in [1.165, 1.54) is 5.56 Å². The lowest BCUT2D eigenvalue weighted by Gasteiger charge is -2.07. The van der Waals surface area contributed by atoms with E-state index in [1.54, 1.807) is 0 Å². The number of aryl methyl sites for hydroxylation is 1. The number of hydrogen-bond acceptors (Lipinski definition) is 2. The average Bonchev–Trinajstić information content (AvgIpc) is 2.33. The van der Waals surface area contributed by atoms with Crippen LogP contribution >= 0.6 is 0 Å². The molecule has 2 heteroatoms. The maximum atomic E-state index is 5.50. The zero-order chi connectivity index (χ0) is 12.3. The van der Waals surface area contributed by atoms with E-state index in [1.807, 2.05) is 12.1 Å². The lowest BCUT2D eigenvalue weighted by Crippen LogP contribution is -2.09. The zero-order valence-corrected chi connectivity index (χ0v) is 10.9. The Bertz CT molecular complexity index is 270. The van der Waals surface area contributed by atoms with E-state index in [9.17, 15) is 0 Å². The van der Waals surface area contributed by atoms with Crippen molar-refractivity contribution in [1.82, 2.24) is 0 Å². The lowest BCUT2D eigenvalue weighted by molar-refractivity contribution is 0.0371. The number of ether oxygens (including phenoxy) is 2. The van der Waals surface area contributed by atoms with Gasteiger partial charge in [-0.1, -0.05) is 38.1 Å². The summed E-state index contributed by atoms with van der Waals surface area (Å²) in [4.78, 5) is 0. The minimum absolute atomic E-state index is 0.602. The van der Waals surface area contributed by atoms with Gasteiger partial charge < -0.3 is 9.47 Å². The van der Waals surface area contributed by atoms with Crippen molar-refractivity contribution < 1.29 is 9.47 Å². The molecule has 1 radical (unpaired) electrons. The van der Waals surface area contributed by atoms with Gasteiger partial charge in [-0.3, -0.25) is 0 Å². The van der Waals surface area contributed by atoms with Crippen LogP contribution in [0, 0.1) is 12.0 Å². The predicted molar refractivity (Wildman–Crippen MR) is 70.1 cm³/mol. The van der Waals surface area contributed by atoms with Crippen molar-refractivity contribution in [2.45, 2.75) is 26.7 Å². The van der Waals surface area contributed by atoms with Crippen LogP contribution in [0.25, 0.3) is 0 Å². The molecule has 0 unspecified atom stereocenters. The third kappa shape index (κ3) is 7.94. The Morgan fingerprint density at radius 2 is 1.76 bits per heavy atom. The average molecular weight is 235 g/mol. The zero-order valence-electron chi connectivity index (χ0n) is 10.9. The first kappa shape index (κ1) is 14.2. The molecule has 0 aliphatic rings. The van der Waals surface area contributed by atoms with Crippen LogP contribution in [-0.4, -0.2) is 26.4 Å². The molecular formula is C15H23O2. The molecular weight excluding hydrogens is 212 g/mol. The summed E-state index contributed by atoms with van der Waals surface area (Å²) >= 11 is 0. The Morgan fingerprint density at radius 3 is 2.47 bits per heavy atom. The van der Waals surface area contributed by atoms with Gasteiger partial charge in [0, 0.05) is 13.2 Å². The minimum Gasteiger partial charge on any atom is -0.379 e. The summed E-state index contributed by atoms with van der Waals surface area (Å²) in [5.41, 5.74) is 1.35. The summed E-state index contributed by atoms with van der Waals surface area (Å²) < 4.78 is 10.9. The van der Waals surface area contributed by atoms with Gasteiger partial charge in [0.1, 0.15) is 0 Å². The second-order valence-electron chi connectivity index (χ2n) is 4.59. The van der Waals surface area contributed by atoms with E-state index in [0.717, 1.165) is 26.1 Å². The molecule has 0 spiro atoms. The molecule has 1 aromatic rings. The van der Waals surface area contributed by atoms with Gasteiger partial charge >= 0.3 is 0 Å². The van der Waals surface area contributed by atoms with Crippen molar-refractivity contribution in [3.05, 3.63) is 35.9 Å². The van der Waals surface area contributed by atoms with Crippen LogP contribution in [0.5, 0.6) is 0 Å². The van der Waals surface area contributed by atoms with E-state index in [2.05, 4.69) is 32.0 Å². The molecule has 0 heterocycles. The standard InChI is InChI=1S/C15H23O2/c1-14(2)13-17-12-11-16-10-6-9-15-7-4-3-5-8-15/h4-5,7-8,14H,6,9-13H2,1-2H3. The van der Waals surface area contributed by atoms with Crippen molar-refractivity contribution in [3.63, 3.8) is 0 Å². The Morgan fingerprint density at radius 1 is 1.06 bits per heavy atom. The van der Waals surface area contributed by atoms with Crippen LogP contribution in [0.4, 0.5) is 0 Å². The number of rotatable bonds is 9. The third-order valence-electron chi connectivity index (χ3n) is 2.36. The van der Waals surface area contributed by atoms with Crippen LogP contribution in [0.15, 0.2) is 24.3 Å². The van der Waals surface area contributed by atoms with Gasteiger partial charge in [-0.05, 0) is 30.4 Å². The Balaban J connectivity index is 1.88. The first-order valence-corrected chi connectivity index (χ1v) is 6.39. The Labute approximate surface area is 105 Å². The first-order chi connectivity index (χ1) is 8.29. The lowest BCUT2D eigenvalue weighted by atomic mass is 10.1. The molecule has 1 rings (SSSR count). The fourth-order valence-corrected chi connectivity index (χ4v) is 1.51. The van der Waals surface area contributed by atoms with Gasteiger partial charge in [0.25, 0.3) is 0 Å². The molecule has 0 saturated carbocycles. The smallest absolute Gasteiger partial charge is 0.0700 e. The van der Waals surface area contributed by atoms with Crippen LogP contribution in [-0.2, 0) is 15.9 Å². The molecule has 1 aromatic carbocycles. The number of hydrogen-bond donors (Lipinski definition) is 0. The normalized spacial score (nSPS) is 11.0. The third-order valence-corrected chi connectivity index (χ3v) is 2.36. The summed E-state index contributed by atoms with van der Waals surface area (Å²) in [7, 11) is 0. The molecule has 0 fully saturated rings. The summed E-state index contributed by atoms with van der Waals surface area (Å²) in [5.74, 6) is 0.602. The van der Waals surface area contributed by atoms with Crippen LogP contribution in [0.2, 0.25) is 0 Å². The Hall–Kier alpha value is -0.860. The summed E-state index contributed by atoms with van der Waals surface area (Å²) in [6.45, 7) is 7.34. The second-order valence-corrected chi connectivity index (χ2v) is 4.59. The van der Waals surface area contributed by atoms with Crippen LogP contribution in [0.3, 0.4) is 0 Å². The summed E-state index contributed by atoms with van der Waals surface area (Å²) in [6.07, 6.45) is 2.13. The highest BCUT2D eigenvalue weighted by atomic mass is 16.5. The molecule has 0 bridgehead atoms. The monoisotopic (exact) mass is 235 g/mol. The van der Waals surface area contributed by atoms with Crippen LogP contribution in [0.1, 0.15) is 25.8 Å². The molecule has 0 amide bonds. The molecule has 0 saturated heterocycles. The maximum Gasteiger partial charge on any atom is 0.0700 e. The molecule has 0 N–H and O–H groups in total. The molecule has 0 aromatic heterocycles. The largest absolute Gasteiger partial charge is 0.379 e. The summed E-state index contributed by atoms with van der Waals surface area (Å²) in [5, 5.41) is 0. The minimum atomic E-state index is 0.602.